The number of unbranched alkanes of at least 4 members (excludes halogenated alkanes) is 3. The molecule has 8 nitrogen and oxygen atoms in total. The smallest absolute Gasteiger partial charge is 0.407 e. The van der Waals surface area contributed by atoms with Crippen LogP contribution < -0.4 is 10.6 Å². The van der Waals surface area contributed by atoms with Gasteiger partial charge in [-0.3, -0.25) is 10.2 Å². The van der Waals surface area contributed by atoms with E-state index in [1.807, 2.05) is 56.0 Å². The molecule has 0 fully saturated rings. The minimum Gasteiger partial charge on any atom is -0.458 e. The molecular weight excluding hydrogens is 410 g/mol. The second-order valence-electron chi connectivity index (χ2n) is 8.94. The minimum atomic E-state index is -1.01. The lowest BCUT2D eigenvalue weighted by molar-refractivity contribution is -0.171. The number of rotatable bonds is 14. The predicted molar refractivity (Wildman–Crippen MR) is 125 cm³/mol. The highest BCUT2D eigenvalue weighted by atomic mass is 16.6. The van der Waals surface area contributed by atoms with Crippen molar-refractivity contribution in [3.8, 4) is 0 Å². The van der Waals surface area contributed by atoms with E-state index in [0.29, 0.717) is 19.6 Å². The molecule has 182 valence electrons. The number of hydrogen-bond donors (Lipinski definition) is 3. The monoisotopic (exact) mass is 451 g/mol. The van der Waals surface area contributed by atoms with Gasteiger partial charge in [-0.25, -0.2) is 9.59 Å². The van der Waals surface area contributed by atoms with Gasteiger partial charge in [0.05, 0.1) is 6.61 Å². The van der Waals surface area contributed by atoms with Crippen molar-refractivity contribution in [3.05, 3.63) is 35.9 Å². The second-order valence-corrected chi connectivity index (χ2v) is 8.94. The van der Waals surface area contributed by atoms with Gasteiger partial charge in [-0.05, 0) is 53.1 Å². The highest BCUT2D eigenvalue weighted by molar-refractivity contribution is 5.80. The van der Waals surface area contributed by atoms with Gasteiger partial charge in [-0.1, -0.05) is 43.2 Å². The normalized spacial score (nSPS) is 13.5. The minimum absolute atomic E-state index is 0.0465. The maximum atomic E-state index is 12.7. The number of amides is 1. The third-order valence-corrected chi connectivity index (χ3v) is 5.12. The van der Waals surface area contributed by atoms with Crippen LogP contribution in [0, 0.1) is 0 Å². The first-order valence-corrected chi connectivity index (χ1v) is 11.3. The molecule has 0 aromatic heterocycles. The molecule has 1 atom stereocenters. The van der Waals surface area contributed by atoms with Gasteiger partial charge in [0.25, 0.3) is 0 Å². The van der Waals surface area contributed by atoms with Crippen LogP contribution >= 0.6 is 0 Å². The molecule has 32 heavy (non-hydrogen) atoms. The number of nitrogens with one attached hydrogen (secondary N) is 2. The molecule has 1 rings (SSSR count). The van der Waals surface area contributed by atoms with Crippen molar-refractivity contribution >= 4 is 12.1 Å². The van der Waals surface area contributed by atoms with E-state index < -0.39 is 17.4 Å². The van der Waals surface area contributed by atoms with Crippen LogP contribution in [-0.4, -0.2) is 66.6 Å². The summed E-state index contributed by atoms with van der Waals surface area (Å²) >= 11 is 0. The van der Waals surface area contributed by atoms with Crippen LogP contribution in [0.2, 0.25) is 0 Å². The first kappa shape index (κ1) is 27.9. The Labute approximate surface area is 192 Å². The van der Waals surface area contributed by atoms with Gasteiger partial charge in [0.2, 0.25) is 0 Å². The number of hydrogen-bond acceptors (Lipinski definition) is 7. The van der Waals surface area contributed by atoms with E-state index >= 15 is 0 Å². The summed E-state index contributed by atoms with van der Waals surface area (Å²) in [5.74, 6) is -0.362. The van der Waals surface area contributed by atoms with Gasteiger partial charge in [0, 0.05) is 19.6 Å². The number of nitrogens with zero attached hydrogens (tertiary/aromatic N) is 1. The summed E-state index contributed by atoms with van der Waals surface area (Å²) in [5, 5.41) is 15.3. The SMILES string of the molecule is CNC(C)(C(=O)OC(C)(C)C)N(CCO)CCCCCCNC(=O)OCc1ccccc1. The number of likely N-dealkylation sites (N-methyl/N-ethyl adjacent to an activating group) is 1. The fraction of sp³-hybridized carbons (Fsp3) is 0.667. The molecule has 3 N–H and O–H groups in total. The molecule has 1 amide bonds. The number of benzene rings is 1. The third-order valence-electron chi connectivity index (χ3n) is 5.12. The maximum Gasteiger partial charge on any atom is 0.407 e. The molecule has 0 saturated heterocycles. The molecule has 0 radical (unpaired) electrons. The van der Waals surface area contributed by atoms with Crippen LogP contribution in [0.15, 0.2) is 30.3 Å². The Morgan fingerprint density at radius 1 is 1.00 bits per heavy atom. The van der Waals surface area contributed by atoms with Crippen molar-refractivity contribution < 1.29 is 24.2 Å². The first-order valence-electron chi connectivity index (χ1n) is 11.3. The fourth-order valence-corrected chi connectivity index (χ4v) is 3.19. The Kier molecular flexibility index (Phi) is 12.3. The van der Waals surface area contributed by atoms with Crippen LogP contribution in [0.4, 0.5) is 4.79 Å². The number of alkyl carbamates (subject to hydrolysis) is 1. The number of aliphatic hydroxyl groups excluding tert-OH is 1. The van der Waals surface area contributed by atoms with Gasteiger partial charge < -0.3 is 19.9 Å². The lowest BCUT2D eigenvalue weighted by Crippen LogP contribution is -2.63. The molecule has 0 aliphatic heterocycles. The highest BCUT2D eigenvalue weighted by Gasteiger charge is 2.40. The lowest BCUT2D eigenvalue weighted by Gasteiger charge is -2.40. The average Bonchev–Trinajstić information content (AvgIpc) is 2.75. The summed E-state index contributed by atoms with van der Waals surface area (Å²) in [5.41, 5.74) is -0.648. The van der Waals surface area contributed by atoms with Crippen molar-refractivity contribution in [2.24, 2.45) is 0 Å². The Morgan fingerprint density at radius 3 is 2.25 bits per heavy atom. The molecule has 0 bridgehead atoms. The number of carbonyl (C=O) groups excluding carboxylic acids is 2. The molecule has 0 aliphatic carbocycles. The Morgan fingerprint density at radius 2 is 1.66 bits per heavy atom. The Balaban J connectivity index is 2.31. The van der Waals surface area contributed by atoms with Gasteiger partial charge >= 0.3 is 12.1 Å². The summed E-state index contributed by atoms with van der Waals surface area (Å²) in [6.45, 7) is 9.07. The van der Waals surface area contributed by atoms with Crippen molar-refractivity contribution in [2.75, 3.05) is 33.3 Å². The third kappa shape index (κ3) is 10.4. The van der Waals surface area contributed by atoms with E-state index in [4.69, 9.17) is 9.47 Å². The number of carbonyl (C=O) groups is 2. The maximum absolute atomic E-state index is 12.7. The van der Waals surface area contributed by atoms with E-state index in [0.717, 1.165) is 31.2 Å². The van der Waals surface area contributed by atoms with E-state index in [1.165, 1.54) is 0 Å². The molecule has 1 unspecified atom stereocenters. The first-order chi connectivity index (χ1) is 15.1. The Bertz CT molecular complexity index is 678. The molecule has 1 aromatic rings. The van der Waals surface area contributed by atoms with Crippen molar-refractivity contribution in [1.82, 2.24) is 15.5 Å². The number of ether oxygens (including phenoxy) is 2. The molecule has 1 aromatic carbocycles. The molecule has 0 saturated carbocycles. The fourth-order valence-electron chi connectivity index (χ4n) is 3.19. The number of esters is 1. The van der Waals surface area contributed by atoms with Crippen LogP contribution in [0.25, 0.3) is 0 Å². The highest BCUT2D eigenvalue weighted by Crippen LogP contribution is 2.19. The van der Waals surface area contributed by atoms with Crippen LogP contribution in [0.1, 0.15) is 58.9 Å². The van der Waals surface area contributed by atoms with Crippen molar-refractivity contribution in [2.45, 2.75) is 71.2 Å². The summed E-state index contributed by atoms with van der Waals surface area (Å²) < 4.78 is 10.8. The molecule has 0 heterocycles. The lowest BCUT2D eigenvalue weighted by atomic mass is 10.1. The number of aliphatic hydroxyl groups is 1. The summed E-state index contributed by atoms with van der Waals surface area (Å²) in [4.78, 5) is 26.4. The van der Waals surface area contributed by atoms with E-state index in [1.54, 1.807) is 14.0 Å². The van der Waals surface area contributed by atoms with Gasteiger partial charge in [-0.2, -0.15) is 0 Å². The van der Waals surface area contributed by atoms with Gasteiger partial charge in [-0.15, -0.1) is 0 Å². The molecule has 0 aliphatic rings. The zero-order chi connectivity index (χ0) is 24.0. The molecule has 0 spiro atoms. The summed E-state index contributed by atoms with van der Waals surface area (Å²) in [6, 6.07) is 9.56. The zero-order valence-electron chi connectivity index (χ0n) is 20.3. The standard InChI is InChI=1S/C24H41N3O5/c1-23(2,3)32-21(29)24(4,25-5)27(17-18-28)16-12-7-6-11-15-26-22(30)31-19-20-13-9-8-10-14-20/h8-10,13-14,25,28H,6-7,11-12,15-19H2,1-5H3,(H,26,30). The zero-order valence-corrected chi connectivity index (χ0v) is 20.3. The van der Waals surface area contributed by atoms with E-state index in [-0.39, 0.29) is 19.2 Å². The van der Waals surface area contributed by atoms with E-state index in [2.05, 4.69) is 10.6 Å². The predicted octanol–water partition coefficient (Wildman–Crippen LogP) is 3.04. The molecule has 8 heteroatoms. The van der Waals surface area contributed by atoms with Crippen molar-refractivity contribution in [3.63, 3.8) is 0 Å². The quantitative estimate of drug-likeness (QED) is 0.227. The Hall–Kier alpha value is -2.16. The van der Waals surface area contributed by atoms with Gasteiger partial charge in [0.1, 0.15) is 12.2 Å². The summed E-state index contributed by atoms with van der Waals surface area (Å²) in [6.07, 6.45) is 3.17. The summed E-state index contributed by atoms with van der Waals surface area (Å²) in [7, 11) is 1.72. The topological polar surface area (TPSA) is 100 Å². The molecular formula is C24H41N3O5. The van der Waals surface area contributed by atoms with Gasteiger partial charge in [0.15, 0.2) is 5.66 Å². The van der Waals surface area contributed by atoms with Crippen molar-refractivity contribution in [1.29, 1.82) is 0 Å². The van der Waals surface area contributed by atoms with Crippen LogP contribution in [-0.2, 0) is 20.9 Å². The van der Waals surface area contributed by atoms with Crippen LogP contribution in [0.3, 0.4) is 0 Å². The van der Waals surface area contributed by atoms with E-state index in [9.17, 15) is 14.7 Å². The van der Waals surface area contributed by atoms with Crippen LogP contribution in [0.5, 0.6) is 0 Å². The second kappa shape index (κ2) is 14.1. The largest absolute Gasteiger partial charge is 0.458 e. The average molecular weight is 452 g/mol.